The van der Waals surface area contributed by atoms with E-state index in [0.29, 0.717) is 6.54 Å². The molecule has 0 radical (unpaired) electrons. The number of hydrogen-bond donors (Lipinski definition) is 1. The Morgan fingerprint density at radius 1 is 1.17 bits per heavy atom. The molecule has 1 aromatic rings. The van der Waals surface area contributed by atoms with Gasteiger partial charge >= 0.3 is 0 Å². The van der Waals surface area contributed by atoms with Gasteiger partial charge in [0.05, 0.1) is 0 Å². The third-order valence-electron chi connectivity index (χ3n) is 5.89. The topological polar surface area (TPSA) is 43.1 Å². The standard InChI is InChI=1S/C22H31NO/c1-6-22(7-2)14-12-19(21(4,5)20(22)13-15-23)18-10-8-17(9-11-18)16(3)24/h8-13H,6-7,14-15,23H2,1-5H3/b20-13-. The van der Waals surface area contributed by atoms with Crippen molar-refractivity contribution in [3.63, 3.8) is 0 Å². The van der Waals surface area contributed by atoms with Crippen molar-refractivity contribution in [2.24, 2.45) is 16.6 Å². The van der Waals surface area contributed by atoms with Crippen LogP contribution in [0.5, 0.6) is 0 Å². The minimum Gasteiger partial charge on any atom is -0.327 e. The zero-order chi connectivity index (χ0) is 18.0. The molecule has 1 aromatic carbocycles. The van der Waals surface area contributed by atoms with Gasteiger partial charge in [-0.25, -0.2) is 0 Å². The van der Waals surface area contributed by atoms with E-state index < -0.39 is 0 Å². The molecule has 2 nitrogen and oxygen atoms in total. The summed E-state index contributed by atoms with van der Waals surface area (Å²) in [7, 11) is 0. The van der Waals surface area contributed by atoms with Gasteiger partial charge in [-0.15, -0.1) is 0 Å². The van der Waals surface area contributed by atoms with Crippen LogP contribution in [0, 0.1) is 10.8 Å². The summed E-state index contributed by atoms with van der Waals surface area (Å²) in [4.78, 5) is 11.5. The fourth-order valence-electron chi connectivity index (χ4n) is 4.34. The number of Topliss-reactive ketones (excluding diaryl/α,β-unsaturated/α-hetero) is 1. The molecule has 0 atom stereocenters. The highest BCUT2D eigenvalue weighted by Crippen LogP contribution is 2.56. The predicted molar refractivity (Wildman–Crippen MR) is 103 cm³/mol. The number of allylic oxidation sites excluding steroid dienone is 3. The van der Waals surface area contributed by atoms with Crippen molar-refractivity contribution in [1.29, 1.82) is 0 Å². The van der Waals surface area contributed by atoms with E-state index in [2.05, 4.69) is 52.0 Å². The average Bonchev–Trinajstić information content (AvgIpc) is 2.57. The van der Waals surface area contributed by atoms with E-state index in [-0.39, 0.29) is 16.6 Å². The Labute approximate surface area is 146 Å². The summed E-state index contributed by atoms with van der Waals surface area (Å²) in [5.74, 6) is 0.109. The van der Waals surface area contributed by atoms with Crippen molar-refractivity contribution >= 4 is 11.4 Å². The monoisotopic (exact) mass is 325 g/mol. The summed E-state index contributed by atoms with van der Waals surface area (Å²) < 4.78 is 0. The van der Waals surface area contributed by atoms with Gasteiger partial charge in [0.1, 0.15) is 0 Å². The maximum atomic E-state index is 11.5. The molecule has 2 N–H and O–H groups in total. The van der Waals surface area contributed by atoms with Crippen molar-refractivity contribution in [2.45, 2.75) is 53.9 Å². The Morgan fingerprint density at radius 3 is 2.21 bits per heavy atom. The number of rotatable bonds is 5. The number of carbonyl (C=O) groups is 1. The number of nitrogens with two attached hydrogens (primary N) is 1. The van der Waals surface area contributed by atoms with Crippen molar-refractivity contribution < 1.29 is 4.79 Å². The first-order valence-corrected chi connectivity index (χ1v) is 9.05. The van der Waals surface area contributed by atoms with Gasteiger partial charge in [0.2, 0.25) is 0 Å². The van der Waals surface area contributed by atoms with Crippen LogP contribution in [-0.4, -0.2) is 12.3 Å². The van der Waals surface area contributed by atoms with Crippen LogP contribution in [-0.2, 0) is 0 Å². The Balaban J connectivity index is 2.53. The number of ketones is 1. The molecule has 0 aliphatic heterocycles. The normalized spacial score (nSPS) is 20.8. The molecule has 0 aromatic heterocycles. The zero-order valence-electron chi connectivity index (χ0n) is 15.8. The molecule has 130 valence electrons. The molecule has 0 bridgehead atoms. The summed E-state index contributed by atoms with van der Waals surface area (Å²) >= 11 is 0. The van der Waals surface area contributed by atoms with E-state index in [1.165, 1.54) is 16.7 Å². The third kappa shape index (κ3) is 3.12. The first-order valence-electron chi connectivity index (χ1n) is 9.05. The fourth-order valence-corrected chi connectivity index (χ4v) is 4.34. The highest BCUT2D eigenvalue weighted by molar-refractivity contribution is 5.94. The van der Waals surface area contributed by atoms with Crippen LogP contribution < -0.4 is 5.73 Å². The summed E-state index contributed by atoms with van der Waals surface area (Å²) in [6.45, 7) is 11.4. The lowest BCUT2D eigenvalue weighted by atomic mass is 9.56. The van der Waals surface area contributed by atoms with E-state index >= 15 is 0 Å². The molecule has 2 rings (SSSR count). The number of hydrogen-bond acceptors (Lipinski definition) is 2. The molecule has 0 unspecified atom stereocenters. The Kier molecular flexibility index (Phi) is 5.49. The van der Waals surface area contributed by atoms with Crippen molar-refractivity contribution in [3.8, 4) is 0 Å². The van der Waals surface area contributed by atoms with E-state index in [9.17, 15) is 4.79 Å². The van der Waals surface area contributed by atoms with E-state index in [4.69, 9.17) is 5.73 Å². The quantitative estimate of drug-likeness (QED) is 0.582. The second-order valence-electron chi connectivity index (χ2n) is 7.42. The predicted octanol–water partition coefficient (Wildman–Crippen LogP) is 5.39. The molecule has 2 heteroatoms. The lowest BCUT2D eigenvalue weighted by molar-refractivity contribution is 0.101. The van der Waals surface area contributed by atoms with Crippen LogP contribution in [0.25, 0.3) is 5.57 Å². The number of benzene rings is 1. The van der Waals surface area contributed by atoms with Crippen LogP contribution in [0.2, 0.25) is 0 Å². The van der Waals surface area contributed by atoms with Crippen molar-refractivity contribution in [3.05, 3.63) is 53.1 Å². The van der Waals surface area contributed by atoms with Gasteiger partial charge in [-0.1, -0.05) is 69.7 Å². The van der Waals surface area contributed by atoms with Crippen LogP contribution >= 0.6 is 0 Å². The first kappa shape index (κ1) is 18.7. The Bertz CT molecular complexity index is 658. The molecule has 0 saturated carbocycles. The second kappa shape index (κ2) is 7.06. The minimum atomic E-state index is -0.0542. The SMILES string of the molecule is CCC1(CC)CC=C(c2ccc(C(C)=O)cc2)C(C)(C)/C1=C/CN. The van der Waals surface area contributed by atoms with E-state index in [1.807, 2.05) is 12.1 Å². The zero-order valence-corrected chi connectivity index (χ0v) is 15.8. The molecule has 0 amide bonds. The Hall–Kier alpha value is -1.67. The van der Waals surface area contributed by atoms with Gasteiger partial charge < -0.3 is 5.73 Å². The lowest BCUT2D eigenvalue weighted by Gasteiger charge is -2.48. The highest BCUT2D eigenvalue weighted by Gasteiger charge is 2.43. The molecule has 24 heavy (non-hydrogen) atoms. The number of carbonyl (C=O) groups excluding carboxylic acids is 1. The largest absolute Gasteiger partial charge is 0.327 e. The van der Waals surface area contributed by atoms with E-state index in [1.54, 1.807) is 6.92 Å². The highest BCUT2D eigenvalue weighted by atomic mass is 16.1. The second-order valence-corrected chi connectivity index (χ2v) is 7.42. The lowest BCUT2D eigenvalue weighted by Crippen LogP contribution is -2.36. The smallest absolute Gasteiger partial charge is 0.159 e. The van der Waals surface area contributed by atoms with Crippen molar-refractivity contribution in [1.82, 2.24) is 0 Å². The molecule has 1 aliphatic carbocycles. The first-order chi connectivity index (χ1) is 11.3. The molecule has 1 aliphatic rings. The van der Waals surface area contributed by atoms with Gasteiger partial charge in [-0.2, -0.15) is 0 Å². The van der Waals surface area contributed by atoms with Gasteiger partial charge in [-0.05, 0) is 42.7 Å². The van der Waals surface area contributed by atoms with Crippen molar-refractivity contribution in [2.75, 3.05) is 6.54 Å². The maximum absolute atomic E-state index is 11.5. The molecule has 0 fully saturated rings. The molecule has 0 saturated heterocycles. The molecule has 0 heterocycles. The fraction of sp³-hybridized carbons (Fsp3) is 0.500. The third-order valence-corrected chi connectivity index (χ3v) is 5.89. The van der Waals surface area contributed by atoms with Gasteiger partial charge in [-0.3, -0.25) is 4.79 Å². The summed E-state index contributed by atoms with van der Waals surface area (Å²) in [6.07, 6.45) is 7.96. The van der Waals surface area contributed by atoms with Gasteiger partial charge in [0.25, 0.3) is 0 Å². The maximum Gasteiger partial charge on any atom is 0.159 e. The van der Waals surface area contributed by atoms with Crippen LogP contribution in [0.3, 0.4) is 0 Å². The summed E-state index contributed by atoms with van der Waals surface area (Å²) in [5, 5.41) is 0. The minimum absolute atomic E-state index is 0.0542. The van der Waals surface area contributed by atoms with Gasteiger partial charge in [0.15, 0.2) is 5.78 Å². The van der Waals surface area contributed by atoms with Crippen LogP contribution in [0.1, 0.15) is 69.8 Å². The van der Waals surface area contributed by atoms with E-state index in [0.717, 1.165) is 24.8 Å². The van der Waals surface area contributed by atoms with Crippen LogP contribution in [0.15, 0.2) is 42.0 Å². The summed E-state index contributed by atoms with van der Waals surface area (Å²) in [6, 6.07) is 8.02. The van der Waals surface area contributed by atoms with Crippen LogP contribution in [0.4, 0.5) is 0 Å². The molecular formula is C22H31NO. The summed E-state index contributed by atoms with van der Waals surface area (Å²) in [5.41, 5.74) is 10.9. The van der Waals surface area contributed by atoms with Gasteiger partial charge in [0, 0.05) is 17.5 Å². The molecule has 0 spiro atoms. The average molecular weight is 325 g/mol. The Morgan fingerprint density at radius 2 is 1.75 bits per heavy atom. The molecular weight excluding hydrogens is 294 g/mol.